The molecular formula is C13H20N2O4S. The van der Waals surface area contributed by atoms with Gasteiger partial charge in [-0.05, 0) is 38.0 Å². The largest absolute Gasteiger partial charge is 0.481 e. The summed E-state index contributed by atoms with van der Waals surface area (Å²) < 4.78 is 27.7. The molecule has 0 atom stereocenters. The van der Waals surface area contributed by atoms with Crippen molar-refractivity contribution in [3.63, 3.8) is 0 Å². The fraction of sp³-hybridized carbons (Fsp3) is 0.462. The molecule has 0 bridgehead atoms. The van der Waals surface area contributed by atoms with Gasteiger partial charge >= 0.3 is 16.2 Å². The van der Waals surface area contributed by atoms with E-state index in [0.717, 1.165) is 5.56 Å². The summed E-state index contributed by atoms with van der Waals surface area (Å²) in [6.45, 7) is 3.57. The monoisotopic (exact) mass is 300 g/mol. The number of carboxylic acid groups (broad SMARTS) is 1. The van der Waals surface area contributed by atoms with Gasteiger partial charge < -0.3 is 5.11 Å². The molecule has 0 aliphatic heterocycles. The molecule has 0 saturated heterocycles. The van der Waals surface area contributed by atoms with E-state index in [1.807, 2.05) is 0 Å². The minimum absolute atomic E-state index is 0.0567. The Morgan fingerprint density at radius 2 is 1.85 bits per heavy atom. The number of benzene rings is 1. The predicted molar refractivity (Wildman–Crippen MR) is 77.8 cm³/mol. The number of nitrogens with zero attached hydrogens (tertiary/aromatic N) is 1. The van der Waals surface area contributed by atoms with Gasteiger partial charge in [-0.25, -0.2) is 0 Å². The van der Waals surface area contributed by atoms with Crippen molar-refractivity contribution < 1.29 is 18.3 Å². The molecule has 20 heavy (non-hydrogen) atoms. The van der Waals surface area contributed by atoms with Crippen molar-refractivity contribution in [3.05, 3.63) is 29.8 Å². The molecule has 0 aliphatic rings. The van der Waals surface area contributed by atoms with Gasteiger partial charge in [-0.3, -0.25) is 9.52 Å². The van der Waals surface area contributed by atoms with Crippen LogP contribution in [0.2, 0.25) is 0 Å². The molecule has 1 aromatic rings. The van der Waals surface area contributed by atoms with E-state index in [0.29, 0.717) is 12.1 Å². The van der Waals surface area contributed by atoms with Gasteiger partial charge in [-0.1, -0.05) is 12.1 Å². The number of aliphatic carboxylic acids is 1. The highest BCUT2D eigenvalue weighted by molar-refractivity contribution is 7.90. The van der Waals surface area contributed by atoms with Crippen LogP contribution in [0, 0.1) is 0 Å². The average molecular weight is 300 g/mol. The Kier molecular flexibility index (Phi) is 5.52. The summed E-state index contributed by atoms with van der Waals surface area (Å²) >= 11 is 0. The van der Waals surface area contributed by atoms with Crippen LogP contribution in [0.3, 0.4) is 0 Å². The number of hydrogen-bond acceptors (Lipinski definition) is 3. The second-order valence-corrected chi connectivity index (χ2v) is 6.54. The molecule has 2 N–H and O–H groups in total. The normalized spacial score (nSPS) is 11.8. The molecule has 0 aromatic heterocycles. The van der Waals surface area contributed by atoms with Gasteiger partial charge in [0.05, 0.1) is 0 Å². The minimum atomic E-state index is -3.56. The van der Waals surface area contributed by atoms with Crippen LogP contribution in [-0.2, 0) is 21.4 Å². The maximum atomic E-state index is 12.0. The van der Waals surface area contributed by atoms with E-state index in [4.69, 9.17) is 5.11 Å². The van der Waals surface area contributed by atoms with Crippen molar-refractivity contribution >= 4 is 21.9 Å². The molecule has 1 rings (SSSR count). The summed E-state index contributed by atoms with van der Waals surface area (Å²) in [7, 11) is -2.05. The van der Waals surface area contributed by atoms with Crippen LogP contribution in [0.1, 0.15) is 25.8 Å². The highest BCUT2D eigenvalue weighted by Crippen LogP contribution is 2.14. The number of carbonyl (C=O) groups is 1. The molecule has 6 nitrogen and oxygen atoms in total. The van der Waals surface area contributed by atoms with E-state index in [9.17, 15) is 13.2 Å². The predicted octanol–water partition coefficient (Wildman–Crippen LogP) is 1.70. The number of carboxylic acids is 1. The number of hydrogen-bond donors (Lipinski definition) is 2. The Morgan fingerprint density at radius 1 is 1.30 bits per heavy atom. The maximum Gasteiger partial charge on any atom is 0.303 e. The standard InChI is InChI=1S/C13H20N2O4S/c1-10(2)15(3)20(18,19)14-12-7-4-11(5-8-12)6-9-13(16)17/h4-5,7-8,10,14H,6,9H2,1-3H3,(H,16,17). The Morgan fingerprint density at radius 3 is 2.30 bits per heavy atom. The van der Waals surface area contributed by atoms with Crippen molar-refractivity contribution in [2.45, 2.75) is 32.7 Å². The van der Waals surface area contributed by atoms with Gasteiger partial charge in [-0.2, -0.15) is 12.7 Å². The molecule has 0 saturated carbocycles. The lowest BCUT2D eigenvalue weighted by atomic mass is 10.1. The minimum Gasteiger partial charge on any atom is -0.481 e. The number of nitrogens with one attached hydrogen (secondary N) is 1. The van der Waals surface area contributed by atoms with Crippen molar-refractivity contribution in [1.29, 1.82) is 0 Å². The zero-order valence-electron chi connectivity index (χ0n) is 11.8. The molecule has 0 unspecified atom stereocenters. The summed E-state index contributed by atoms with van der Waals surface area (Å²) in [4.78, 5) is 10.5. The molecule has 0 radical (unpaired) electrons. The topological polar surface area (TPSA) is 86.7 Å². The van der Waals surface area contributed by atoms with Crippen molar-refractivity contribution in [2.24, 2.45) is 0 Å². The first-order chi connectivity index (χ1) is 9.22. The molecule has 0 spiro atoms. The summed E-state index contributed by atoms with van der Waals surface area (Å²) in [5.41, 5.74) is 1.31. The average Bonchev–Trinajstić information content (AvgIpc) is 2.36. The SMILES string of the molecule is CC(C)N(C)S(=O)(=O)Nc1ccc(CCC(=O)O)cc1. The van der Waals surface area contributed by atoms with E-state index in [1.54, 1.807) is 38.1 Å². The smallest absolute Gasteiger partial charge is 0.303 e. The zero-order valence-corrected chi connectivity index (χ0v) is 12.6. The molecule has 0 amide bonds. The molecule has 0 fully saturated rings. The van der Waals surface area contributed by atoms with Gasteiger partial charge in [-0.15, -0.1) is 0 Å². The van der Waals surface area contributed by atoms with Crippen molar-refractivity contribution in [1.82, 2.24) is 4.31 Å². The fourth-order valence-corrected chi connectivity index (χ4v) is 2.62. The van der Waals surface area contributed by atoms with Crippen LogP contribution >= 0.6 is 0 Å². The summed E-state index contributed by atoms with van der Waals surface area (Å²) in [5, 5.41) is 8.60. The van der Waals surface area contributed by atoms with Crippen LogP contribution in [0.5, 0.6) is 0 Å². The first-order valence-electron chi connectivity index (χ1n) is 6.29. The first-order valence-corrected chi connectivity index (χ1v) is 7.73. The molecule has 0 heterocycles. The quantitative estimate of drug-likeness (QED) is 0.802. The Hall–Kier alpha value is -1.60. The number of anilines is 1. The lowest BCUT2D eigenvalue weighted by Crippen LogP contribution is -2.37. The second kappa shape index (κ2) is 6.71. The van der Waals surface area contributed by atoms with Gasteiger partial charge in [0.2, 0.25) is 0 Å². The van der Waals surface area contributed by atoms with Gasteiger partial charge in [0, 0.05) is 25.2 Å². The van der Waals surface area contributed by atoms with Gasteiger partial charge in [0.25, 0.3) is 0 Å². The van der Waals surface area contributed by atoms with Crippen LogP contribution in [0.4, 0.5) is 5.69 Å². The van der Waals surface area contributed by atoms with Gasteiger partial charge in [0.1, 0.15) is 0 Å². The third-order valence-corrected chi connectivity index (χ3v) is 4.61. The van der Waals surface area contributed by atoms with Crippen LogP contribution in [-0.4, -0.2) is 36.9 Å². The first kappa shape index (κ1) is 16.5. The summed E-state index contributed by atoms with van der Waals surface area (Å²) in [6.07, 6.45) is 0.482. The van der Waals surface area contributed by atoms with Gasteiger partial charge in [0.15, 0.2) is 0 Å². The number of rotatable bonds is 7. The highest BCUT2D eigenvalue weighted by atomic mass is 32.2. The van der Waals surface area contributed by atoms with E-state index in [1.165, 1.54) is 11.4 Å². The fourth-order valence-electron chi connectivity index (χ4n) is 1.49. The third kappa shape index (κ3) is 4.82. The van der Waals surface area contributed by atoms with Crippen molar-refractivity contribution in [2.75, 3.05) is 11.8 Å². The van der Waals surface area contributed by atoms with Crippen LogP contribution in [0.15, 0.2) is 24.3 Å². The van der Waals surface area contributed by atoms with Crippen LogP contribution < -0.4 is 4.72 Å². The lowest BCUT2D eigenvalue weighted by Gasteiger charge is -2.21. The van der Waals surface area contributed by atoms with Crippen LogP contribution in [0.25, 0.3) is 0 Å². The second-order valence-electron chi connectivity index (χ2n) is 4.81. The zero-order chi connectivity index (χ0) is 15.3. The third-order valence-electron chi connectivity index (χ3n) is 2.93. The molecule has 7 heteroatoms. The summed E-state index contributed by atoms with van der Waals surface area (Å²) in [6, 6.07) is 6.56. The number of aryl methyl sites for hydroxylation is 1. The van der Waals surface area contributed by atoms with E-state index in [2.05, 4.69) is 4.72 Å². The molecule has 1 aromatic carbocycles. The van der Waals surface area contributed by atoms with E-state index >= 15 is 0 Å². The Labute approximate surface area is 119 Å². The lowest BCUT2D eigenvalue weighted by molar-refractivity contribution is -0.136. The highest BCUT2D eigenvalue weighted by Gasteiger charge is 2.20. The molecular weight excluding hydrogens is 280 g/mol. The summed E-state index contributed by atoms with van der Waals surface area (Å²) in [5.74, 6) is -0.853. The van der Waals surface area contributed by atoms with E-state index < -0.39 is 16.2 Å². The molecule has 112 valence electrons. The maximum absolute atomic E-state index is 12.0. The Balaban J connectivity index is 2.72. The van der Waals surface area contributed by atoms with E-state index in [-0.39, 0.29) is 12.5 Å². The van der Waals surface area contributed by atoms with Crippen molar-refractivity contribution in [3.8, 4) is 0 Å². The Bertz CT molecular complexity index is 552. The molecule has 0 aliphatic carbocycles.